The molecule has 2 atom stereocenters. The second-order valence-electron chi connectivity index (χ2n) is 5.62. The zero-order valence-electron chi connectivity index (χ0n) is 13.3. The van der Waals surface area contributed by atoms with Crippen LogP contribution in [0.4, 0.5) is 5.82 Å². The highest BCUT2D eigenvalue weighted by Crippen LogP contribution is 2.25. The van der Waals surface area contributed by atoms with E-state index < -0.39 is 0 Å². The third kappa shape index (κ3) is 3.30. The third-order valence-electron chi connectivity index (χ3n) is 4.26. The van der Waals surface area contributed by atoms with Crippen molar-refractivity contribution in [2.45, 2.75) is 39.8 Å². The summed E-state index contributed by atoms with van der Waals surface area (Å²) in [5.41, 5.74) is 1.31. The first-order chi connectivity index (χ1) is 9.67. The van der Waals surface area contributed by atoms with E-state index in [0.717, 1.165) is 38.5 Å². The van der Waals surface area contributed by atoms with E-state index in [-0.39, 0.29) is 0 Å². The summed E-state index contributed by atoms with van der Waals surface area (Å²) in [6.45, 7) is 14.3. The predicted octanol–water partition coefficient (Wildman–Crippen LogP) is 2.28. The van der Waals surface area contributed by atoms with Crippen LogP contribution in [0.15, 0.2) is 18.3 Å². The van der Waals surface area contributed by atoms with Gasteiger partial charge in [0.25, 0.3) is 0 Å². The lowest BCUT2D eigenvalue weighted by Gasteiger charge is -2.40. The largest absolute Gasteiger partial charge is 0.354 e. The van der Waals surface area contributed by atoms with E-state index in [0.29, 0.717) is 12.1 Å². The number of nitrogens with zero attached hydrogens (tertiary/aromatic N) is 3. The molecular formula is C16H28N4. The summed E-state index contributed by atoms with van der Waals surface area (Å²) in [6.07, 6.45) is 1.91. The SMILES string of the molecule is CCNC(C)c1cccnc1N1CCN(CC)C(C)C1. The highest BCUT2D eigenvalue weighted by Gasteiger charge is 2.25. The lowest BCUT2D eigenvalue weighted by atomic mass is 10.1. The number of pyridine rings is 1. The van der Waals surface area contributed by atoms with Crippen LogP contribution < -0.4 is 10.2 Å². The number of piperazine rings is 1. The summed E-state index contributed by atoms with van der Waals surface area (Å²) < 4.78 is 0. The van der Waals surface area contributed by atoms with Crippen LogP contribution in [0.3, 0.4) is 0 Å². The zero-order valence-corrected chi connectivity index (χ0v) is 13.3. The van der Waals surface area contributed by atoms with Gasteiger partial charge in [0.15, 0.2) is 0 Å². The van der Waals surface area contributed by atoms with Crippen molar-refractivity contribution in [3.63, 3.8) is 0 Å². The molecule has 1 aromatic heterocycles. The number of aromatic nitrogens is 1. The molecule has 0 aromatic carbocycles. The van der Waals surface area contributed by atoms with Gasteiger partial charge in [-0.1, -0.05) is 19.9 Å². The van der Waals surface area contributed by atoms with Crippen LogP contribution in [0, 0.1) is 0 Å². The van der Waals surface area contributed by atoms with Gasteiger partial charge in [0.1, 0.15) is 5.82 Å². The van der Waals surface area contributed by atoms with Crippen molar-refractivity contribution < 1.29 is 0 Å². The molecule has 2 rings (SSSR count). The maximum atomic E-state index is 4.66. The van der Waals surface area contributed by atoms with Crippen LogP contribution in [0.25, 0.3) is 0 Å². The molecule has 1 saturated heterocycles. The van der Waals surface area contributed by atoms with Crippen molar-refractivity contribution >= 4 is 5.82 Å². The standard InChI is InChI=1S/C16H28N4/c1-5-17-14(4)15-8-7-9-18-16(15)20-11-10-19(6-2)13(3)12-20/h7-9,13-14,17H,5-6,10-12H2,1-4H3. The predicted molar refractivity (Wildman–Crippen MR) is 85.3 cm³/mol. The van der Waals surface area contributed by atoms with Gasteiger partial charge in [0.2, 0.25) is 0 Å². The highest BCUT2D eigenvalue weighted by molar-refractivity contribution is 5.49. The van der Waals surface area contributed by atoms with Gasteiger partial charge in [-0.15, -0.1) is 0 Å². The Morgan fingerprint density at radius 2 is 2.20 bits per heavy atom. The summed E-state index contributed by atoms with van der Waals surface area (Å²) in [4.78, 5) is 9.64. The van der Waals surface area contributed by atoms with E-state index in [1.54, 1.807) is 0 Å². The van der Waals surface area contributed by atoms with Gasteiger partial charge in [-0.3, -0.25) is 4.90 Å². The van der Waals surface area contributed by atoms with Gasteiger partial charge in [-0.05, 0) is 33.0 Å². The molecule has 1 N–H and O–H groups in total. The van der Waals surface area contributed by atoms with Gasteiger partial charge >= 0.3 is 0 Å². The molecule has 1 fully saturated rings. The monoisotopic (exact) mass is 276 g/mol. The summed E-state index contributed by atoms with van der Waals surface area (Å²) >= 11 is 0. The zero-order chi connectivity index (χ0) is 14.5. The van der Waals surface area contributed by atoms with Gasteiger partial charge in [0.05, 0.1) is 0 Å². The molecule has 20 heavy (non-hydrogen) atoms. The van der Waals surface area contributed by atoms with Crippen molar-refractivity contribution in [3.05, 3.63) is 23.9 Å². The Balaban J connectivity index is 2.16. The fourth-order valence-electron chi connectivity index (χ4n) is 3.09. The average molecular weight is 276 g/mol. The van der Waals surface area contributed by atoms with Crippen LogP contribution in [-0.2, 0) is 0 Å². The molecule has 0 amide bonds. The van der Waals surface area contributed by atoms with Crippen molar-refractivity contribution in [2.24, 2.45) is 0 Å². The van der Waals surface area contributed by atoms with Crippen molar-refractivity contribution in [2.75, 3.05) is 37.6 Å². The molecule has 4 heteroatoms. The average Bonchev–Trinajstić information content (AvgIpc) is 2.47. The molecule has 0 bridgehead atoms. The van der Waals surface area contributed by atoms with E-state index in [4.69, 9.17) is 0 Å². The Labute approximate surface area is 123 Å². The smallest absolute Gasteiger partial charge is 0.133 e. The second-order valence-corrected chi connectivity index (χ2v) is 5.62. The molecule has 1 aromatic rings. The van der Waals surface area contributed by atoms with E-state index >= 15 is 0 Å². The highest BCUT2D eigenvalue weighted by atomic mass is 15.3. The molecule has 112 valence electrons. The Morgan fingerprint density at radius 1 is 1.40 bits per heavy atom. The van der Waals surface area contributed by atoms with Crippen molar-refractivity contribution in [1.29, 1.82) is 0 Å². The number of rotatable bonds is 5. The number of hydrogen-bond donors (Lipinski definition) is 1. The first-order valence-electron chi connectivity index (χ1n) is 7.84. The maximum absolute atomic E-state index is 4.66. The Morgan fingerprint density at radius 3 is 2.85 bits per heavy atom. The van der Waals surface area contributed by atoms with Gasteiger partial charge in [-0.25, -0.2) is 4.98 Å². The van der Waals surface area contributed by atoms with Gasteiger partial charge < -0.3 is 10.2 Å². The molecule has 0 saturated carbocycles. The summed E-state index contributed by atoms with van der Waals surface area (Å²) in [6, 6.07) is 5.19. The molecule has 1 aliphatic rings. The normalized spacial score (nSPS) is 22.0. The van der Waals surface area contributed by atoms with E-state index in [2.05, 4.69) is 53.9 Å². The minimum absolute atomic E-state index is 0.350. The van der Waals surface area contributed by atoms with Crippen LogP contribution in [-0.4, -0.2) is 48.6 Å². The maximum Gasteiger partial charge on any atom is 0.133 e. The number of likely N-dealkylation sites (N-methyl/N-ethyl adjacent to an activating group) is 1. The van der Waals surface area contributed by atoms with Crippen LogP contribution in [0.5, 0.6) is 0 Å². The summed E-state index contributed by atoms with van der Waals surface area (Å²) in [5, 5.41) is 3.50. The van der Waals surface area contributed by atoms with Gasteiger partial charge in [0, 0.05) is 43.5 Å². The van der Waals surface area contributed by atoms with E-state index in [9.17, 15) is 0 Å². The quantitative estimate of drug-likeness (QED) is 0.894. The summed E-state index contributed by atoms with van der Waals surface area (Å²) in [7, 11) is 0. The molecule has 2 heterocycles. The number of anilines is 1. The fraction of sp³-hybridized carbons (Fsp3) is 0.688. The molecule has 4 nitrogen and oxygen atoms in total. The minimum atomic E-state index is 0.350. The Hall–Kier alpha value is -1.13. The second kappa shape index (κ2) is 7.04. The lowest BCUT2D eigenvalue weighted by Crippen LogP contribution is -2.52. The molecule has 0 spiro atoms. The van der Waals surface area contributed by atoms with Crippen LogP contribution in [0.1, 0.15) is 39.3 Å². The number of hydrogen-bond acceptors (Lipinski definition) is 4. The molecular weight excluding hydrogens is 248 g/mol. The van der Waals surface area contributed by atoms with Crippen LogP contribution in [0.2, 0.25) is 0 Å². The minimum Gasteiger partial charge on any atom is -0.354 e. The topological polar surface area (TPSA) is 31.4 Å². The van der Waals surface area contributed by atoms with Crippen molar-refractivity contribution in [3.8, 4) is 0 Å². The van der Waals surface area contributed by atoms with Crippen LogP contribution >= 0.6 is 0 Å². The summed E-state index contributed by atoms with van der Waals surface area (Å²) in [5.74, 6) is 1.16. The number of nitrogens with one attached hydrogen (secondary N) is 1. The molecule has 2 unspecified atom stereocenters. The molecule has 0 aliphatic carbocycles. The van der Waals surface area contributed by atoms with Crippen molar-refractivity contribution in [1.82, 2.24) is 15.2 Å². The third-order valence-corrected chi connectivity index (χ3v) is 4.26. The van der Waals surface area contributed by atoms with Gasteiger partial charge in [-0.2, -0.15) is 0 Å². The Kier molecular flexibility index (Phi) is 5.38. The molecule has 0 radical (unpaired) electrons. The fourth-order valence-corrected chi connectivity index (χ4v) is 3.09. The first-order valence-corrected chi connectivity index (χ1v) is 7.84. The van der Waals surface area contributed by atoms with E-state index in [1.165, 1.54) is 5.56 Å². The Bertz CT molecular complexity index is 421. The first kappa shape index (κ1) is 15.3. The van der Waals surface area contributed by atoms with E-state index in [1.807, 2.05) is 12.3 Å². The lowest BCUT2D eigenvalue weighted by molar-refractivity contribution is 0.199. The molecule has 1 aliphatic heterocycles.